The Morgan fingerprint density at radius 1 is 1.30 bits per heavy atom. The van der Waals surface area contributed by atoms with E-state index in [1.165, 1.54) is 0 Å². The van der Waals surface area contributed by atoms with Gasteiger partial charge in [0.1, 0.15) is 17.3 Å². The molecule has 6 nitrogen and oxygen atoms in total. The zero-order valence-electron chi connectivity index (χ0n) is 13.2. The molecule has 0 atom stereocenters. The Morgan fingerprint density at radius 2 is 2.17 bits per heavy atom. The van der Waals surface area contributed by atoms with Gasteiger partial charge in [-0.2, -0.15) is 0 Å². The fourth-order valence-corrected chi connectivity index (χ4v) is 2.77. The number of nitrogen functional groups attached to an aromatic ring is 1. The molecule has 1 saturated heterocycles. The van der Waals surface area contributed by atoms with Crippen LogP contribution in [0.3, 0.4) is 0 Å². The SMILES string of the molecule is Cc1ccc(C(=O)c2cccnc2N)nc1N1CCCNCC1.[HH].[HH]. The lowest BCUT2D eigenvalue weighted by atomic mass is 10.1. The standard InChI is InChI=1S/C17H21N5O.2H2/c1-12-5-6-14(15(23)13-4-2-8-20-16(13)18)21-17(12)22-10-3-7-19-9-11-22;;/h2,4-6,8,19H,3,7,9-11H2,1H3,(H2,18,20);2*1H. The number of carbonyl (C=O) groups is 1. The maximum atomic E-state index is 12.7. The molecule has 0 radical (unpaired) electrons. The van der Waals surface area contributed by atoms with E-state index in [1.54, 1.807) is 24.4 Å². The van der Waals surface area contributed by atoms with Crippen molar-refractivity contribution in [1.82, 2.24) is 15.3 Å². The summed E-state index contributed by atoms with van der Waals surface area (Å²) in [5, 5.41) is 3.38. The average molecular weight is 315 g/mol. The van der Waals surface area contributed by atoms with Crippen molar-refractivity contribution in [3.05, 3.63) is 47.3 Å². The number of aryl methyl sites for hydroxylation is 1. The van der Waals surface area contributed by atoms with E-state index in [9.17, 15) is 4.79 Å². The summed E-state index contributed by atoms with van der Waals surface area (Å²) >= 11 is 0. The monoisotopic (exact) mass is 315 g/mol. The number of hydrogen-bond acceptors (Lipinski definition) is 6. The molecule has 3 N–H and O–H groups in total. The van der Waals surface area contributed by atoms with Gasteiger partial charge in [0.25, 0.3) is 0 Å². The first kappa shape index (κ1) is 15.4. The number of pyridine rings is 2. The third-order valence-corrected chi connectivity index (χ3v) is 4.03. The van der Waals surface area contributed by atoms with Gasteiger partial charge >= 0.3 is 0 Å². The second kappa shape index (κ2) is 6.75. The molecule has 124 valence electrons. The molecule has 0 aromatic carbocycles. The van der Waals surface area contributed by atoms with Crippen molar-refractivity contribution in [2.24, 2.45) is 0 Å². The predicted octanol–water partition coefficient (Wildman–Crippen LogP) is 1.89. The predicted molar refractivity (Wildman–Crippen MR) is 95.0 cm³/mol. The van der Waals surface area contributed by atoms with Crippen LogP contribution in [0.4, 0.5) is 11.6 Å². The smallest absolute Gasteiger partial charge is 0.215 e. The Morgan fingerprint density at radius 3 is 3.00 bits per heavy atom. The quantitative estimate of drug-likeness (QED) is 0.842. The summed E-state index contributed by atoms with van der Waals surface area (Å²) in [6.45, 7) is 5.79. The molecule has 1 aliphatic rings. The summed E-state index contributed by atoms with van der Waals surface area (Å²) in [7, 11) is 0. The molecular formula is C17H25N5O. The van der Waals surface area contributed by atoms with Crippen LogP contribution in [0.15, 0.2) is 30.5 Å². The van der Waals surface area contributed by atoms with Crippen LogP contribution in [-0.4, -0.2) is 41.9 Å². The fraction of sp³-hybridized carbons (Fsp3) is 0.353. The van der Waals surface area contributed by atoms with E-state index in [0.717, 1.165) is 44.0 Å². The minimum Gasteiger partial charge on any atom is -0.383 e. The zero-order valence-corrected chi connectivity index (χ0v) is 13.2. The van der Waals surface area contributed by atoms with Crippen molar-refractivity contribution in [2.75, 3.05) is 36.8 Å². The first-order chi connectivity index (χ1) is 11.2. The average Bonchev–Trinajstić information content (AvgIpc) is 2.84. The number of rotatable bonds is 3. The number of nitrogens with two attached hydrogens (primary N) is 1. The molecule has 3 rings (SSSR count). The van der Waals surface area contributed by atoms with Crippen LogP contribution >= 0.6 is 0 Å². The van der Waals surface area contributed by atoms with Gasteiger partial charge in [0.15, 0.2) is 0 Å². The third kappa shape index (κ3) is 3.32. The molecule has 2 aromatic heterocycles. The van der Waals surface area contributed by atoms with Gasteiger partial charge in [-0.15, -0.1) is 0 Å². The number of nitrogens with one attached hydrogen (secondary N) is 1. The molecule has 2 aromatic rings. The molecule has 1 aliphatic heterocycles. The van der Waals surface area contributed by atoms with E-state index >= 15 is 0 Å². The molecule has 0 amide bonds. The molecule has 0 bridgehead atoms. The Bertz CT molecular complexity index is 718. The number of nitrogens with zero attached hydrogens (tertiary/aromatic N) is 3. The topological polar surface area (TPSA) is 84.1 Å². The van der Waals surface area contributed by atoms with Gasteiger partial charge in [0, 0.05) is 28.7 Å². The van der Waals surface area contributed by atoms with E-state index in [2.05, 4.69) is 20.2 Å². The highest BCUT2D eigenvalue weighted by atomic mass is 16.1. The Labute approximate surface area is 138 Å². The highest BCUT2D eigenvalue weighted by Crippen LogP contribution is 2.21. The molecule has 0 saturated carbocycles. The van der Waals surface area contributed by atoms with Crippen molar-refractivity contribution in [2.45, 2.75) is 13.3 Å². The molecule has 0 unspecified atom stereocenters. The normalized spacial score (nSPS) is 15.3. The van der Waals surface area contributed by atoms with Gasteiger partial charge in [-0.05, 0) is 43.7 Å². The lowest BCUT2D eigenvalue weighted by molar-refractivity contribution is 0.103. The summed E-state index contributed by atoms with van der Waals surface area (Å²) in [6, 6.07) is 7.09. The van der Waals surface area contributed by atoms with Crippen molar-refractivity contribution < 1.29 is 7.65 Å². The minimum atomic E-state index is -0.190. The summed E-state index contributed by atoms with van der Waals surface area (Å²) in [5.41, 5.74) is 7.68. The van der Waals surface area contributed by atoms with E-state index in [1.807, 2.05) is 13.0 Å². The lowest BCUT2D eigenvalue weighted by Crippen LogP contribution is -2.29. The van der Waals surface area contributed by atoms with E-state index in [-0.39, 0.29) is 14.5 Å². The zero-order chi connectivity index (χ0) is 16.2. The third-order valence-electron chi connectivity index (χ3n) is 4.03. The van der Waals surface area contributed by atoms with Crippen LogP contribution in [-0.2, 0) is 0 Å². The summed E-state index contributed by atoms with van der Waals surface area (Å²) in [4.78, 5) is 23.5. The van der Waals surface area contributed by atoms with Crippen LogP contribution in [0.1, 0.15) is 30.9 Å². The number of ketones is 1. The van der Waals surface area contributed by atoms with Crippen LogP contribution in [0.2, 0.25) is 0 Å². The van der Waals surface area contributed by atoms with Gasteiger partial charge < -0.3 is 16.0 Å². The fourth-order valence-electron chi connectivity index (χ4n) is 2.77. The second-order valence-electron chi connectivity index (χ2n) is 5.69. The van der Waals surface area contributed by atoms with Crippen LogP contribution in [0.5, 0.6) is 0 Å². The highest BCUT2D eigenvalue weighted by Gasteiger charge is 2.18. The van der Waals surface area contributed by atoms with E-state index in [4.69, 9.17) is 5.73 Å². The van der Waals surface area contributed by atoms with Crippen molar-refractivity contribution >= 4 is 17.4 Å². The Balaban J connectivity index is 0.00000156. The largest absolute Gasteiger partial charge is 0.383 e. The lowest BCUT2D eigenvalue weighted by Gasteiger charge is -2.23. The minimum absolute atomic E-state index is 0. The molecule has 3 heterocycles. The van der Waals surface area contributed by atoms with Crippen LogP contribution in [0.25, 0.3) is 0 Å². The summed E-state index contributed by atoms with van der Waals surface area (Å²) in [5.74, 6) is 0.923. The molecule has 1 fully saturated rings. The van der Waals surface area contributed by atoms with Crippen LogP contribution in [0, 0.1) is 6.92 Å². The first-order valence-corrected chi connectivity index (χ1v) is 7.85. The summed E-state index contributed by atoms with van der Waals surface area (Å²) < 4.78 is 0. The molecule has 0 aliphatic carbocycles. The van der Waals surface area contributed by atoms with Gasteiger partial charge in [0.05, 0.1) is 5.56 Å². The maximum Gasteiger partial charge on any atom is 0.215 e. The molecule has 6 heteroatoms. The molecule has 0 spiro atoms. The van der Waals surface area contributed by atoms with Gasteiger partial charge in [0.2, 0.25) is 5.78 Å². The van der Waals surface area contributed by atoms with E-state index < -0.39 is 0 Å². The first-order valence-electron chi connectivity index (χ1n) is 7.85. The number of hydrogen-bond donors (Lipinski definition) is 2. The number of carbonyl (C=O) groups excluding carboxylic acids is 1. The molecular weight excluding hydrogens is 290 g/mol. The van der Waals surface area contributed by atoms with Crippen LogP contribution < -0.4 is 16.0 Å². The number of aromatic nitrogens is 2. The maximum absolute atomic E-state index is 12.7. The van der Waals surface area contributed by atoms with Gasteiger partial charge in [-0.25, -0.2) is 9.97 Å². The Hall–Kier alpha value is -2.47. The van der Waals surface area contributed by atoms with E-state index in [0.29, 0.717) is 11.3 Å². The second-order valence-corrected chi connectivity index (χ2v) is 5.69. The Kier molecular flexibility index (Phi) is 4.52. The van der Waals surface area contributed by atoms with Gasteiger partial charge in [-0.3, -0.25) is 4.79 Å². The summed E-state index contributed by atoms with van der Waals surface area (Å²) in [6.07, 6.45) is 2.64. The van der Waals surface area contributed by atoms with Crippen molar-refractivity contribution in [1.29, 1.82) is 0 Å². The number of anilines is 2. The van der Waals surface area contributed by atoms with Gasteiger partial charge in [-0.1, -0.05) is 6.07 Å². The van der Waals surface area contributed by atoms with Crippen molar-refractivity contribution in [3.63, 3.8) is 0 Å². The van der Waals surface area contributed by atoms with Crippen molar-refractivity contribution in [3.8, 4) is 0 Å². The molecule has 23 heavy (non-hydrogen) atoms. The highest BCUT2D eigenvalue weighted by molar-refractivity contribution is 6.10.